The Morgan fingerprint density at radius 2 is 1.43 bits per heavy atom. The molecule has 0 aliphatic rings. The minimum atomic E-state index is -0.0753. The molecule has 0 aliphatic carbocycles. The fourth-order valence-electron chi connectivity index (χ4n) is 2.36. The van der Waals surface area contributed by atoms with Crippen LogP contribution in [0.25, 0.3) is 21.8 Å². The van der Waals surface area contributed by atoms with Crippen molar-refractivity contribution in [3.8, 4) is 0 Å². The lowest BCUT2D eigenvalue weighted by molar-refractivity contribution is 0.405. The second-order valence-corrected chi connectivity index (χ2v) is 6.88. The van der Waals surface area contributed by atoms with Gasteiger partial charge in [0.1, 0.15) is 0 Å². The SMILES string of the molecule is CC(C)(C)NNC(=S)Nc1c2ccccc2nc2ccccc12. The van der Waals surface area contributed by atoms with Crippen LogP contribution in [0.3, 0.4) is 0 Å². The molecule has 0 spiro atoms. The summed E-state index contributed by atoms with van der Waals surface area (Å²) in [6.45, 7) is 6.21. The summed E-state index contributed by atoms with van der Waals surface area (Å²) >= 11 is 5.42. The van der Waals surface area contributed by atoms with E-state index in [0.717, 1.165) is 27.5 Å². The van der Waals surface area contributed by atoms with Gasteiger partial charge in [-0.3, -0.25) is 5.43 Å². The van der Waals surface area contributed by atoms with E-state index in [1.807, 2.05) is 36.4 Å². The van der Waals surface area contributed by atoms with Gasteiger partial charge < -0.3 is 5.32 Å². The minimum absolute atomic E-state index is 0.0753. The van der Waals surface area contributed by atoms with Crippen LogP contribution in [0, 0.1) is 0 Å². The van der Waals surface area contributed by atoms with Crippen LogP contribution in [-0.2, 0) is 0 Å². The molecule has 0 bridgehead atoms. The van der Waals surface area contributed by atoms with Gasteiger partial charge in [-0.05, 0) is 45.1 Å². The first-order valence-electron chi connectivity index (χ1n) is 7.56. The number of nitrogens with zero attached hydrogens (tertiary/aromatic N) is 1. The van der Waals surface area contributed by atoms with E-state index in [9.17, 15) is 0 Å². The highest BCUT2D eigenvalue weighted by molar-refractivity contribution is 7.80. The predicted octanol–water partition coefficient (Wildman–Crippen LogP) is 3.98. The third-order valence-electron chi connectivity index (χ3n) is 3.38. The number of thiocarbonyl (C=S) groups is 1. The molecular formula is C18H20N4S. The van der Waals surface area contributed by atoms with E-state index in [4.69, 9.17) is 17.2 Å². The van der Waals surface area contributed by atoms with Crippen molar-refractivity contribution in [1.29, 1.82) is 0 Å². The molecule has 23 heavy (non-hydrogen) atoms. The molecule has 0 atom stereocenters. The first kappa shape index (κ1) is 15.6. The van der Waals surface area contributed by atoms with Gasteiger partial charge in [0.05, 0.1) is 16.7 Å². The number of hydrazine groups is 1. The largest absolute Gasteiger partial charge is 0.331 e. The Bertz CT molecular complexity index is 814. The number of para-hydroxylation sites is 2. The highest BCUT2D eigenvalue weighted by Crippen LogP contribution is 2.30. The van der Waals surface area contributed by atoms with E-state index >= 15 is 0 Å². The molecule has 4 nitrogen and oxygen atoms in total. The number of aromatic nitrogens is 1. The molecule has 3 rings (SSSR count). The van der Waals surface area contributed by atoms with Crippen LogP contribution < -0.4 is 16.2 Å². The van der Waals surface area contributed by atoms with Crippen LogP contribution in [0.5, 0.6) is 0 Å². The summed E-state index contributed by atoms with van der Waals surface area (Å²) in [6.07, 6.45) is 0. The summed E-state index contributed by atoms with van der Waals surface area (Å²) in [5.74, 6) is 0. The number of hydrogen-bond donors (Lipinski definition) is 3. The second-order valence-electron chi connectivity index (χ2n) is 6.48. The Hall–Kier alpha value is -2.24. The van der Waals surface area contributed by atoms with E-state index in [0.29, 0.717) is 5.11 Å². The molecule has 2 aromatic carbocycles. The minimum Gasteiger partial charge on any atom is -0.331 e. The molecule has 0 radical (unpaired) electrons. The molecule has 0 saturated heterocycles. The average molecular weight is 324 g/mol. The van der Waals surface area contributed by atoms with Gasteiger partial charge >= 0.3 is 0 Å². The molecule has 1 heterocycles. The van der Waals surface area contributed by atoms with Crippen molar-refractivity contribution in [1.82, 2.24) is 15.8 Å². The highest BCUT2D eigenvalue weighted by Gasteiger charge is 2.12. The quantitative estimate of drug-likeness (QED) is 0.378. The predicted molar refractivity (Wildman–Crippen MR) is 101 cm³/mol. The highest BCUT2D eigenvalue weighted by atomic mass is 32.1. The third kappa shape index (κ3) is 3.57. The molecule has 1 aromatic heterocycles. The third-order valence-corrected chi connectivity index (χ3v) is 3.58. The maximum atomic E-state index is 5.42. The normalized spacial score (nSPS) is 11.6. The lowest BCUT2D eigenvalue weighted by atomic mass is 10.1. The summed E-state index contributed by atoms with van der Waals surface area (Å²) in [5, 5.41) is 5.94. The molecule has 0 aliphatic heterocycles. The Kier molecular flexibility index (Phi) is 4.15. The zero-order valence-corrected chi connectivity index (χ0v) is 14.3. The molecule has 0 amide bonds. The summed E-state index contributed by atoms with van der Waals surface area (Å²) in [4.78, 5) is 4.71. The van der Waals surface area contributed by atoms with Crippen LogP contribution in [0.15, 0.2) is 48.5 Å². The maximum Gasteiger partial charge on any atom is 0.185 e. The summed E-state index contributed by atoms with van der Waals surface area (Å²) in [7, 11) is 0. The topological polar surface area (TPSA) is 49.0 Å². The van der Waals surface area contributed by atoms with Gasteiger partial charge in [-0.2, -0.15) is 0 Å². The fraction of sp³-hybridized carbons (Fsp3) is 0.222. The lowest BCUT2D eigenvalue weighted by Gasteiger charge is -2.23. The van der Waals surface area contributed by atoms with Crippen molar-refractivity contribution in [3.63, 3.8) is 0 Å². The van der Waals surface area contributed by atoms with Crippen molar-refractivity contribution in [2.75, 3.05) is 5.32 Å². The molecule has 0 fully saturated rings. The second kappa shape index (κ2) is 6.10. The number of benzene rings is 2. The van der Waals surface area contributed by atoms with Crippen LogP contribution in [0.4, 0.5) is 5.69 Å². The van der Waals surface area contributed by atoms with Gasteiger partial charge in [-0.15, -0.1) is 0 Å². The number of rotatable bonds is 2. The number of fused-ring (bicyclic) bond motifs is 2. The van der Waals surface area contributed by atoms with E-state index < -0.39 is 0 Å². The molecule has 0 unspecified atom stereocenters. The Labute approximate surface area is 141 Å². The number of anilines is 1. The van der Waals surface area contributed by atoms with Crippen molar-refractivity contribution < 1.29 is 0 Å². The zero-order valence-electron chi connectivity index (χ0n) is 13.5. The van der Waals surface area contributed by atoms with Gasteiger partial charge in [-0.1, -0.05) is 36.4 Å². The van der Waals surface area contributed by atoms with E-state index in [1.54, 1.807) is 0 Å². The monoisotopic (exact) mass is 324 g/mol. The van der Waals surface area contributed by atoms with Crippen molar-refractivity contribution >= 4 is 44.8 Å². The first-order chi connectivity index (χ1) is 10.9. The zero-order chi connectivity index (χ0) is 16.4. The van der Waals surface area contributed by atoms with Gasteiger partial charge in [0.15, 0.2) is 5.11 Å². The smallest absolute Gasteiger partial charge is 0.185 e. The lowest BCUT2D eigenvalue weighted by Crippen LogP contribution is -2.50. The summed E-state index contributed by atoms with van der Waals surface area (Å²) < 4.78 is 0. The van der Waals surface area contributed by atoms with Gasteiger partial charge in [0, 0.05) is 16.3 Å². The van der Waals surface area contributed by atoms with Gasteiger partial charge in [-0.25, -0.2) is 10.4 Å². The number of hydrogen-bond acceptors (Lipinski definition) is 3. The van der Waals surface area contributed by atoms with Gasteiger partial charge in [0.25, 0.3) is 0 Å². The van der Waals surface area contributed by atoms with E-state index in [-0.39, 0.29) is 5.54 Å². The summed E-state index contributed by atoms with van der Waals surface area (Å²) in [5.41, 5.74) is 9.00. The van der Waals surface area contributed by atoms with E-state index in [2.05, 4.69) is 49.1 Å². The van der Waals surface area contributed by atoms with Crippen molar-refractivity contribution in [2.24, 2.45) is 0 Å². The molecular weight excluding hydrogens is 304 g/mol. The van der Waals surface area contributed by atoms with Crippen molar-refractivity contribution in [3.05, 3.63) is 48.5 Å². The van der Waals surface area contributed by atoms with Crippen molar-refractivity contribution in [2.45, 2.75) is 26.3 Å². The number of nitrogens with one attached hydrogen (secondary N) is 3. The Balaban J connectivity index is 2.02. The Morgan fingerprint density at radius 1 is 0.913 bits per heavy atom. The molecule has 118 valence electrons. The fourth-order valence-corrected chi connectivity index (χ4v) is 2.52. The van der Waals surface area contributed by atoms with Crippen LogP contribution in [0.1, 0.15) is 20.8 Å². The molecule has 0 saturated carbocycles. The van der Waals surface area contributed by atoms with Crippen LogP contribution in [-0.4, -0.2) is 15.6 Å². The van der Waals surface area contributed by atoms with Gasteiger partial charge in [0.2, 0.25) is 0 Å². The standard InChI is InChI=1S/C18H20N4S/c1-18(2,3)22-21-17(23)20-16-12-8-4-6-10-14(12)19-15-11-7-5-9-13(15)16/h4-11,22H,1-3H3,(H2,19,20,21,23). The molecule has 5 heteroatoms. The first-order valence-corrected chi connectivity index (χ1v) is 7.96. The Morgan fingerprint density at radius 3 is 1.96 bits per heavy atom. The molecule has 3 aromatic rings. The maximum absolute atomic E-state index is 5.42. The average Bonchev–Trinajstić information content (AvgIpc) is 2.52. The van der Waals surface area contributed by atoms with E-state index in [1.165, 1.54) is 0 Å². The molecule has 3 N–H and O–H groups in total. The van der Waals surface area contributed by atoms with Crippen LogP contribution >= 0.6 is 12.2 Å². The van der Waals surface area contributed by atoms with Crippen LogP contribution in [0.2, 0.25) is 0 Å². The number of pyridine rings is 1. The summed E-state index contributed by atoms with van der Waals surface area (Å²) in [6, 6.07) is 16.1.